The van der Waals surface area contributed by atoms with E-state index in [2.05, 4.69) is 0 Å². The summed E-state index contributed by atoms with van der Waals surface area (Å²) in [7, 11) is 0. The minimum Gasteiger partial charge on any atom is -0.454 e. The van der Waals surface area contributed by atoms with Gasteiger partial charge in [-0.05, 0) is 42.8 Å². The van der Waals surface area contributed by atoms with Gasteiger partial charge in [-0.25, -0.2) is 4.39 Å². The molecule has 1 heterocycles. The Bertz CT molecular complexity index is 702. The quantitative estimate of drug-likeness (QED) is 0.870. The molecule has 1 amide bonds. The smallest absolute Gasteiger partial charge is 0.254 e. The van der Waals surface area contributed by atoms with Crippen molar-refractivity contribution < 1.29 is 18.7 Å². The van der Waals surface area contributed by atoms with E-state index >= 15 is 0 Å². The first-order valence-electron chi connectivity index (χ1n) is 7.10. The number of rotatable bonds is 4. The number of benzene rings is 2. The Morgan fingerprint density at radius 3 is 2.77 bits per heavy atom. The normalized spacial score (nSPS) is 12.3. The summed E-state index contributed by atoms with van der Waals surface area (Å²) in [6, 6.07) is 11.4. The van der Waals surface area contributed by atoms with Gasteiger partial charge in [0.05, 0.1) is 0 Å². The van der Waals surface area contributed by atoms with Gasteiger partial charge >= 0.3 is 0 Å². The van der Waals surface area contributed by atoms with E-state index in [4.69, 9.17) is 9.47 Å². The Kier molecular flexibility index (Phi) is 3.96. The molecule has 0 unspecified atom stereocenters. The van der Waals surface area contributed by atoms with E-state index in [0.29, 0.717) is 30.2 Å². The number of fused-ring (bicyclic) bond motifs is 1. The number of hydrogen-bond acceptors (Lipinski definition) is 3. The molecule has 0 radical (unpaired) electrons. The van der Waals surface area contributed by atoms with Gasteiger partial charge in [0.25, 0.3) is 5.91 Å². The average molecular weight is 301 g/mol. The molecule has 2 aromatic rings. The van der Waals surface area contributed by atoms with Crippen molar-refractivity contribution in [2.75, 3.05) is 13.3 Å². The van der Waals surface area contributed by atoms with Crippen LogP contribution in [0.3, 0.4) is 0 Å². The third-order valence-electron chi connectivity index (χ3n) is 3.55. The maximum Gasteiger partial charge on any atom is 0.254 e. The Labute approximate surface area is 128 Å². The second-order valence-corrected chi connectivity index (χ2v) is 5.02. The predicted octanol–water partition coefficient (Wildman–Crippen LogP) is 3.22. The average Bonchev–Trinajstić information content (AvgIpc) is 2.99. The summed E-state index contributed by atoms with van der Waals surface area (Å²) in [5, 5.41) is 0. The highest BCUT2D eigenvalue weighted by atomic mass is 19.1. The van der Waals surface area contributed by atoms with Gasteiger partial charge in [-0.2, -0.15) is 0 Å². The molecular formula is C17H16FNO3. The summed E-state index contributed by atoms with van der Waals surface area (Å²) >= 11 is 0. The largest absolute Gasteiger partial charge is 0.454 e. The molecule has 1 aliphatic rings. The Hall–Kier alpha value is -2.56. The van der Waals surface area contributed by atoms with E-state index in [0.717, 1.165) is 5.56 Å². The van der Waals surface area contributed by atoms with Crippen LogP contribution < -0.4 is 9.47 Å². The maximum absolute atomic E-state index is 13.3. The molecule has 4 nitrogen and oxygen atoms in total. The summed E-state index contributed by atoms with van der Waals surface area (Å²) in [6.07, 6.45) is 0. The third kappa shape index (κ3) is 2.88. The van der Waals surface area contributed by atoms with Crippen LogP contribution in [0.4, 0.5) is 4.39 Å². The molecule has 5 heteroatoms. The number of hydrogen-bond donors (Lipinski definition) is 0. The van der Waals surface area contributed by atoms with Crippen molar-refractivity contribution in [2.45, 2.75) is 13.5 Å². The molecule has 0 aliphatic carbocycles. The monoisotopic (exact) mass is 301 g/mol. The Morgan fingerprint density at radius 1 is 1.18 bits per heavy atom. The fourth-order valence-corrected chi connectivity index (χ4v) is 2.40. The molecular weight excluding hydrogens is 285 g/mol. The van der Waals surface area contributed by atoms with E-state index in [1.165, 1.54) is 12.1 Å². The summed E-state index contributed by atoms with van der Waals surface area (Å²) in [5.41, 5.74) is 1.29. The van der Waals surface area contributed by atoms with Crippen molar-refractivity contribution in [2.24, 2.45) is 0 Å². The number of halogens is 1. The fraction of sp³-hybridized carbons (Fsp3) is 0.235. The standard InChI is InChI=1S/C17H16FNO3/c1-2-19(10-12-4-3-5-14(18)8-12)17(20)13-6-7-15-16(9-13)22-11-21-15/h3-9H,2,10-11H2,1H3. The fourth-order valence-electron chi connectivity index (χ4n) is 2.40. The first kappa shape index (κ1) is 14.4. The van der Waals surface area contributed by atoms with Gasteiger partial charge in [-0.15, -0.1) is 0 Å². The second kappa shape index (κ2) is 6.05. The topological polar surface area (TPSA) is 38.8 Å². The number of amides is 1. The first-order valence-corrected chi connectivity index (χ1v) is 7.10. The molecule has 114 valence electrons. The van der Waals surface area contributed by atoms with Gasteiger partial charge < -0.3 is 14.4 Å². The van der Waals surface area contributed by atoms with Crippen LogP contribution in [0.1, 0.15) is 22.8 Å². The van der Waals surface area contributed by atoms with Crippen molar-refractivity contribution in [1.29, 1.82) is 0 Å². The van der Waals surface area contributed by atoms with Gasteiger partial charge in [0.1, 0.15) is 5.82 Å². The van der Waals surface area contributed by atoms with Crippen molar-refractivity contribution in [3.05, 3.63) is 59.4 Å². The molecule has 0 saturated heterocycles. The lowest BCUT2D eigenvalue weighted by atomic mass is 10.1. The van der Waals surface area contributed by atoms with Crippen LogP contribution >= 0.6 is 0 Å². The van der Waals surface area contributed by atoms with Gasteiger partial charge in [0.15, 0.2) is 11.5 Å². The molecule has 3 rings (SSSR count). The van der Waals surface area contributed by atoms with Crippen molar-refractivity contribution in [1.82, 2.24) is 4.90 Å². The number of nitrogens with zero attached hydrogens (tertiary/aromatic N) is 1. The predicted molar refractivity (Wildman–Crippen MR) is 79.4 cm³/mol. The number of ether oxygens (including phenoxy) is 2. The van der Waals surface area contributed by atoms with Crippen molar-refractivity contribution in [3.63, 3.8) is 0 Å². The van der Waals surface area contributed by atoms with Crippen LogP contribution in [0.25, 0.3) is 0 Å². The molecule has 0 N–H and O–H groups in total. The van der Waals surface area contributed by atoms with E-state index in [1.54, 1.807) is 35.2 Å². The zero-order valence-corrected chi connectivity index (χ0v) is 12.2. The van der Waals surface area contributed by atoms with Gasteiger partial charge in [-0.1, -0.05) is 12.1 Å². The van der Waals surface area contributed by atoms with E-state index in [1.807, 2.05) is 6.92 Å². The Balaban J connectivity index is 1.79. The molecule has 2 aromatic carbocycles. The lowest BCUT2D eigenvalue weighted by Gasteiger charge is -2.21. The zero-order chi connectivity index (χ0) is 15.5. The third-order valence-corrected chi connectivity index (χ3v) is 3.55. The molecule has 0 atom stereocenters. The second-order valence-electron chi connectivity index (χ2n) is 5.02. The maximum atomic E-state index is 13.3. The zero-order valence-electron chi connectivity index (χ0n) is 12.2. The van der Waals surface area contributed by atoms with Crippen molar-refractivity contribution in [3.8, 4) is 11.5 Å². The molecule has 0 aromatic heterocycles. The van der Waals surface area contributed by atoms with Gasteiger partial charge in [0, 0.05) is 18.7 Å². The van der Waals surface area contributed by atoms with Crippen LogP contribution in [0, 0.1) is 5.82 Å². The van der Waals surface area contributed by atoms with Crippen LogP contribution in [0.5, 0.6) is 11.5 Å². The Morgan fingerprint density at radius 2 is 2.00 bits per heavy atom. The van der Waals surface area contributed by atoms with E-state index in [9.17, 15) is 9.18 Å². The van der Waals surface area contributed by atoms with E-state index in [-0.39, 0.29) is 18.5 Å². The summed E-state index contributed by atoms with van der Waals surface area (Å²) < 4.78 is 23.8. The summed E-state index contributed by atoms with van der Waals surface area (Å²) in [6.45, 7) is 2.96. The lowest BCUT2D eigenvalue weighted by molar-refractivity contribution is 0.0752. The molecule has 0 fully saturated rings. The minimum absolute atomic E-state index is 0.120. The molecule has 0 bridgehead atoms. The molecule has 22 heavy (non-hydrogen) atoms. The lowest BCUT2D eigenvalue weighted by Crippen LogP contribution is -2.30. The summed E-state index contributed by atoms with van der Waals surface area (Å²) in [4.78, 5) is 14.3. The number of carbonyl (C=O) groups is 1. The highest BCUT2D eigenvalue weighted by Gasteiger charge is 2.19. The number of carbonyl (C=O) groups excluding carboxylic acids is 1. The van der Waals surface area contributed by atoms with E-state index < -0.39 is 0 Å². The summed E-state index contributed by atoms with van der Waals surface area (Å²) in [5.74, 6) is 0.798. The van der Waals surface area contributed by atoms with Crippen LogP contribution in [-0.2, 0) is 6.54 Å². The molecule has 0 saturated carbocycles. The van der Waals surface area contributed by atoms with Gasteiger partial charge in [0.2, 0.25) is 6.79 Å². The highest BCUT2D eigenvalue weighted by molar-refractivity contribution is 5.95. The van der Waals surface area contributed by atoms with Crippen LogP contribution in [0.2, 0.25) is 0 Å². The minimum atomic E-state index is -0.302. The van der Waals surface area contributed by atoms with Crippen LogP contribution in [-0.4, -0.2) is 24.1 Å². The van der Waals surface area contributed by atoms with Gasteiger partial charge in [-0.3, -0.25) is 4.79 Å². The molecule has 1 aliphatic heterocycles. The SMILES string of the molecule is CCN(Cc1cccc(F)c1)C(=O)c1ccc2c(c1)OCO2. The van der Waals surface area contributed by atoms with Crippen molar-refractivity contribution >= 4 is 5.91 Å². The first-order chi connectivity index (χ1) is 10.7. The highest BCUT2D eigenvalue weighted by Crippen LogP contribution is 2.32. The van der Waals surface area contributed by atoms with Crippen LogP contribution in [0.15, 0.2) is 42.5 Å². The molecule has 0 spiro atoms.